The summed E-state index contributed by atoms with van der Waals surface area (Å²) in [6.45, 7) is 12.9. The van der Waals surface area contributed by atoms with E-state index in [2.05, 4.69) is 41.3 Å². The molecule has 1 fully saturated rings. The van der Waals surface area contributed by atoms with Crippen LogP contribution in [-0.4, -0.2) is 55.1 Å². The molecule has 7 heteroatoms. The van der Waals surface area contributed by atoms with Gasteiger partial charge in [-0.3, -0.25) is 4.99 Å². The summed E-state index contributed by atoms with van der Waals surface area (Å²) in [5.41, 5.74) is 0. The van der Waals surface area contributed by atoms with Crippen LogP contribution in [0, 0.1) is 5.92 Å². The molecule has 0 bridgehead atoms. The number of aromatic nitrogens is 1. The molecule has 144 valence electrons. The van der Waals surface area contributed by atoms with Crippen molar-refractivity contribution in [3.8, 4) is 0 Å². The monoisotopic (exact) mass is 479 g/mol. The zero-order chi connectivity index (χ0) is 17.2. The number of thiazole rings is 1. The summed E-state index contributed by atoms with van der Waals surface area (Å²) in [6, 6.07) is 0. The molecule has 2 heterocycles. The summed E-state index contributed by atoms with van der Waals surface area (Å²) < 4.78 is 0. The maximum atomic E-state index is 4.76. The minimum Gasteiger partial charge on any atom is -0.357 e. The lowest BCUT2D eigenvalue weighted by Gasteiger charge is -2.19. The van der Waals surface area contributed by atoms with Gasteiger partial charge in [-0.25, -0.2) is 4.98 Å². The Morgan fingerprint density at radius 1 is 1.32 bits per heavy atom. The molecule has 2 N–H and O–H groups in total. The molecule has 1 aliphatic rings. The molecule has 1 aromatic rings. The van der Waals surface area contributed by atoms with Crippen LogP contribution in [-0.2, 0) is 12.8 Å². The highest BCUT2D eigenvalue weighted by atomic mass is 127. The molecule has 0 spiro atoms. The topological polar surface area (TPSA) is 52.6 Å². The van der Waals surface area contributed by atoms with Gasteiger partial charge in [0.2, 0.25) is 0 Å². The van der Waals surface area contributed by atoms with Crippen molar-refractivity contribution in [2.45, 2.75) is 46.5 Å². The third kappa shape index (κ3) is 8.68. The van der Waals surface area contributed by atoms with E-state index in [1.807, 2.05) is 17.5 Å². The first-order valence-corrected chi connectivity index (χ1v) is 10.2. The molecular weight excluding hydrogens is 445 g/mol. The molecule has 25 heavy (non-hydrogen) atoms. The first-order valence-electron chi connectivity index (χ1n) is 9.39. The Balaban J connectivity index is 0.00000312. The van der Waals surface area contributed by atoms with Crippen LogP contribution in [0.5, 0.6) is 0 Å². The summed E-state index contributed by atoms with van der Waals surface area (Å²) in [6.07, 6.45) is 6.75. The average Bonchev–Trinajstić information content (AvgIpc) is 3.24. The van der Waals surface area contributed by atoms with E-state index >= 15 is 0 Å². The van der Waals surface area contributed by atoms with Gasteiger partial charge in [0.25, 0.3) is 0 Å². The van der Waals surface area contributed by atoms with Gasteiger partial charge in [-0.1, -0.05) is 13.8 Å². The van der Waals surface area contributed by atoms with E-state index in [0.717, 1.165) is 38.4 Å². The number of aliphatic imine (C=N–C) groups is 1. The Hall–Kier alpha value is -0.410. The first kappa shape index (κ1) is 22.6. The molecule has 0 radical (unpaired) electrons. The van der Waals surface area contributed by atoms with Gasteiger partial charge in [0, 0.05) is 43.7 Å². The Labute approximate surface area is 174 Å². The number of rotatable bonds is 9. The molecule has 2 rings (SSSR count). The molecule has 1 saturated heterocycles. The quantitative estimate of drug-likeness (QED) is 0.325. The minimum absolute atomic E-state index is 0. The Kier molecular flexibility index (Phi) is 11.6. The van der Waals surface area contributed by atoms with E-state index < -0.39 is 0 Å². The average molecular weight is 479 g/mol. The van der Waals surface area contributed by atoms with Gasteiger partial charge >= 0.3 is 0 Å². The maximum absolute atomic E-state index is 4.76. The fraction of sp³-hybridized carbons (Fsp3) is 0.778. The highest BCUT2D eigenvalue weighted by Crippen LogP contribution is 2.13. The van der Waals surface area contributed by atoms with Crippen LogP contribution in [0.2, 0.25) is 0 Å². The second-order valence-corrected chi connectivity index (χ2v) is 7.78. The summed E-state index contributed by atoms with van der Waals surface area (Å²) in [4.78, 5) is 13.2. The smallest absolute Gasteiger partial charge is 0.191 e. The molecule has 0 aliphatic carbocycles. The van der Waals surface area contributed by atoms with Gasteiger partial charge in [-0.2, -0.15) is 0 Å². The molecule has 1 aliphatic heterocycles. The molecule has 1 aromatic heterocycles. The normalized spacial score (nSPS) is 16.5. The fourth-order valence-corrected chi connectivity index (χ4v) is 3.83. The molecule has 5 nitrogen and oxygen atoms in total. The van der Waals surface area contributed by atoms with Crippen molar-refractivity contribution >= 4 is 41.3 Å². The number of hydrogen-bond acceptors (Lipinski definition) is 4. The zero-order valence-electron chi connectivity index (χ0n) is 15.9. The van der Waals surface area contributed by atoms with Gasteiger partial charge in [-0.15, -0.1) is 35.3 Å². The number of hydrogen-bond donors (Lipinski definition) is 2. The van der Waals surface area contributed by atoms with Crippen LogP contribution in [0.1, 0.15) is 43.5 Å². The summed E-state index contributed by atoms with van der Waals surface area (Å²) in [5, 5.41) is 7.99. The van der Waals surface area contributed by atoms with Crippen LogP contribution >= 0.6 is 35.3 Å². The molecular formula is C18H34IN5S. The predicted molar refractivity (Wildman–Crippen MR) is 119 cm³/mol. The van der Waals surface area contributed by atoms with Crippen LogP contribution in [0.15, 0.2) is 11.2 Å². The lowest BCUT2D eigenvalue weighted by Crippen LogP contribution is -2.39. The van der Waals surface area contributed by atoms with Gasteiger partial charge in [0.1, 0.15) is 0 Å². The largest absolute Gasteiger partial charge is 0.357 e. The SMILES string of the molecule is CCNC(=NCC(C)CN1CCCC1)NCCc1ncc(CC)s1.I. The van der Waals surface area contributed by atoms with Crippen LogP contribution < -0.4 is 10.6 Å². The highest BCUT2D eigenvalue weighted by Gasteiger charge is 2.14. The standard InChI is InChI=1S/C18H33N5S.HI/c1-4-16-13-21-17(24-16)8-9-20-18(19-5-2)22-12-15(3)14-23-10-6-7-11-23;/h13,15H,4-12,14H2,1-3H3,(H2,19,20,22);1H. The predicted octanol–water partition coefficient (Wildman–Crippen LogP) is 3.15. The molecule has 1 unspecified atom stereocenters. The number of halogens is 1. The van der Waals surface area contributed by atoms with E-state index in [9.17, 15) is 0 Å². The van der Waals surface area contributed by atoms with Crippen molar-refractivity contribution in [1.29, 1.82) is 0 Å². The third-order valence-corrected chi connectivity index (χ3v) is 5.46. The Morgan fingerprint density at radius 2 is 2.08 bits per heavy atom. The van der Waals surface area contributed by atoms with E-state index in [1.54, 1.807) is 0 Å². The third-order valence-electron chi connectivity index (χ3n) is 4.26. The Morgan fingerprint density at radius 3 is 2.72 bits per heavy atom. The van der Waals surface area contributed by atoms with Crippen LogP contribution in [0.3, 0.4) is 0 Å². The first-order chi connectivity index (χ1) is 11.7. The van der Waals surface area contributed by atoms with Gasteiger partial charge < -0.3 is 15.5 Å². The number of guanidine groups is 1. The van der Waals surface area contributed by atoms with Gasteiger partial charge in [0.05, 0.1) is 5.01 Å². The van der Waals surface area contributed by atoms with Crippen molar-refractivity contribution in [3.63, 3.8) is 0 Å². The number of nitrogens with zero attached hydrogens (tertiary/aromatic N) is 3. The van der Waals surface area contributed by atoms with Crippen LogP contribution in [0.4, 0.5) is 0 Å². The lowest BCUT2D eigenvalue weighted by atomic mass is 10.2. The van der Waals surface area contributed by atoms with Gasteiger partial charge in [0.15, 0.2) is 5.96 Å². The van der Waals surface area contributed by atoms with Crippen molar-refractivity contribution in [3.05, 3.63) is 16.1 Å². The lowest BCUT2D eigenvalue weighted by molar-refractivity contribution is 0.291. The Bertz CT molecular complexity index is 499. The molecule has 0 amide bonds. The molecule has 0 aromatic carbocycles. The summed E-state index contributed by atoms with van der Waals surface area (Å²) in [5.74, 6) is 1.53. The minimum atomic E-state index is 0. The highest BCUT2D eigenvalue weighted by molar-refractivity contribution is 14.0. The van der Waals surface area contributed by atoms with Crippen molar-refractivity contribution < 1.29 is 0 Å². The zero-order valence-corrected chi connectivity index (χ0v) is 19.0. The fourth-order valence-electron chi connectivity index (χ4n) is 2.97. The van der Waals surface area contributed by atoms with Crippen LogP contribution in [0.25, 0.3) is 0 Å². The summed E-state index contributed by atoms with van der Waals surface area (Å²) in [7, 11) is 0. The van der Waals surface area contributed by atoms with E-state index in [-0.39, 0.29) is 24.0 Å². The number of nitrogens with one attached hydrogen (secondary N) is 2. The van der Waals surface area contributed by atoms with E-state index in [0.29, 0.717) is 5.92 Å². The molecule has 0 saturated carbocycles. The number of aryl methyl sites for hydroxylation is 1. The second kappa shape index (κ2) is 12.9. The summed E-state index contributed by atoms with van der Waals surface area (Å²) >= 11 is 1.82. The molecule has 1 atom stereocenters. The maximum Gasteiger partial charge on any atom is 0.191 e. The van der Waals surface area contributed by atoms with Crippen molar-refractivity contribution in [1.82, 2.24) is 20.5 Å². The second-order valence-electron chi connectivity index (χ2n) is 6.58. The van der Waals surface area contributed by atoms with E-state index in [4.69, 9.17) is 4.99 Å². The number of likely N-dealkylation sites (tertiary alicyclic amines) is 1. The van der Waals surface area contributed by atoms with Crippen molar-refractivity contribution in [2.24, 2.45) is 10.9 Å². The van der Waals surface area contributed by atoms with Crippen molar-refractivity contribution in [2.75, 3.05) is 39.3 Å². The van der Waals surface area contributed by atoms with E-state index in [1.165, 1.54) is 42.4 Å². The van der Waals surface area contributed by atoms with Gasteiger partial charge in [-0.05, 0) is 45.2 Å².